The van der Waals surface area contributed by atoms with E-state index in [1.54, 1.807) is 19.1 Å². The summed E-state index contributed by atoms with van der Waals surface area (Å²) in [4.78, 5) is 22.0. The van der Waals surface area contributed by atoms with Crippen molar-refractivity contribution in [3.05, 3.63) is 65.5 Å². The van der Waals surface area contributed by atoms with E-state index in [1.165, 1.54) is 5.56 Å². The van der Waals surface area contributed by atoms with Crippen molar-refractivity contribution < 1.29 is 14.1 Å². The van der Waals surface area contributed by atoms with Crippen LogP contribution >= 0.6 is 0 Å². The second-order valence-corrected chi connectivity index (χ2v) is 7.18. The van der Waals surface area contributed by atoms with Gasteiger partial charge in [-0.05, 0) is 42.3 Å². The number of hydrogen-bond acceptors (Lipinski definition) is 5. The van der Waals surface area contributed by atoms with Crippen LogP contribution in [0.3, 0.4) is 0 Å². The molecule has 4 aromatic rings. The molecule has 7 nitrogen and oxygen atoms in total. The SMILES string of the molecule is CCc1ccc(C(=O)N(C)CCc2noc(-c3cc4ccc(OC)cc4[nH]3)n2)cc1. The van der Waals surface area contributed by atoms with Crippen LogP contribution in [0.2, 0.25) is 0 Å². The Morgan fingerprint density at radius 3 is 2.70 bits per heavy atom. The summed E-state index contributed by atoms with van der Waals surface area (Å²) in [7, 11) is 3.42. The van der Waals surface area contributed by atoms with Gasteiger partial charge in [0.05, 0.1) is 7.11 Å². The van der Waals surface area contributed by atoms with E-state index in [1.807, 2.05) is 48.5 Å². The van der Waals surface area contributed by atoms with Gasteiger partial charge in [0.1, 0.15) is 11.4 Å². The molecule has 1 N–H and O–H groups in total. The summed E-state index contributed by atoms with van der Waals surface area (Å²) >= 11 is 0. The average Bonchev–Trinajstić information content (AvgIpc) is 3.43. The molecule has 0 bridgehead atoms. The van der Waals surface area contributed by atoms with Crippen molar-refractivity contribution in [1.29, 1.82) is 0 Å². The van der Waals surface area contributed by atoms with Gasteiger partial charge >= 0.3 is 0 Å². The molecule has 0 aliphatic rings. The normalized spacial score (nSPS) is 11.0. The first-order valence-corrected chi connectivity index (χ1v) is 9.91. The maximum atomic E-state index is 12.6. The number of nitrogens with one attached hydrogen (secondary N) is 1. The highest BCUT2D eigenvalue weighted by molar-refractivity contribution is 5.94. The van der Waals surface area contributed by atoms with E-state index >= 15 is 0 Å². The first-order chi connectivity index (χ1) is 14.6. The zero-order chi connectivity index (χ0) is 21.1. The minimum atomic E-state index is -0.0223. The summed E-state index contributed by atoms with van der Waals surface area (Å²) < 4.78 is 10.7. The van der Waals surface area contributed by atoms with Crippen molar-refractivity contribution in [3.63, 3.8) is 0 Å². The molecule has 1 amide bonds. The quantitative estimate of drug-likeness (QED) is 0.501. The molecular formula is C23H24N4O3. The molecule has 0 radical (unpaired) electrons. The van der Waals surface area contributed by atoms with Crippen molar-refractivity contribution in [1.82, 2.24) is 20.0 Å². The van der Waals surface area contributed by atoms with Crippen molar-refractivity contribution in [2.45, 2.75) is 19.8 Å². The van der Waals surface area contributed by atoms with Gasteiger partial charge in [-0.1, -0.05) is 24.2 Å². The summed E-state index contributed by atoms with van der Waals surface area (Å²) in [6.45, 7) is 2.59. The van der Waals surface area contributed by atoms with Crippen LogP contribution in [0.5, 0.6) is 5.75 Å². The number of nitrogens with zero attached hydrogens (tertiary/aromatic N) is 3. The van der Waals surface area contributed by atoms with Gasteiger partial charge in [0.15, 0.2) is 5.82 Å². The van der Waals surface area contributed by atoms with Crippen LogP contribution in [0.15, 0.2) is 53.1 Å². The van der Waals surface area contributed by atoms with Gasteiger partial charge in [-0.3, -0.25) is 4.79 Å². The van der Waals surface area contributed by atoms with Gasteiger partial charge in [0.2, 0.25) is 0 Å². The van der Waals surface area contributed by atoms with Crippen molar-refractivity contribution in [3.8, 4) is 17.3 Å². The first kappa shape index (κ1) is 19.7. The van der Waals surface area contributed by atoms with E-state index in [4.69, 9.17) is 9.26 Å². The zero-order valence-corrected chi connectivity index (χ0v) is 17.3. The summed E-state index contributed by atoms with van der Waals surface area (Å²) in [6, 6.07) is 15.5. The Morgan fingerprint density at radius 2 is 1.97 bits per heavy atom. The zero-order valence-electron chi connectivity index (χ0n) is 17.3. The molecule has 2 aromatic carbocycles. The third-order valence-corrected chi connectivity index (χ3v) is 5.15. The predicted molar refractivity (Wildman–Crippen MR) is 115 cm³/mol. The van der Waals surface area contributed by atoms with Gasteiger partial charge in [0.25, 0.3) is 11.8 Å². The van der Waals surface area contributed by atoms with Crippen LogP contribution in [0.25, 0.3) is 22.5 Å². The molecular weight excluding hydrogens is 380 g/mol. The lowest BCUT2D eigenvalue weighted by atomic mass is 10.1. The minimum absolute atomic E-state index is 0.0223. The van der Waals surface area contributed by atoms with E-state index in [0.29, 0.717) is 30.2 Å². The molecule has 0 unspecified atom stereocenters. The second-order valence-electron chi connectivity index (χ2n) is 7.18. The van der Waals surface area contributed by atoms with Crippen LogP contribution < -0.4 is 4.74 Å². The van der Waals surface area contributed by atoms with Crippen molar-refractivity contribution in [2.24, 2.45) is 0 Å². The van der Waals surface area contributed by atoms with Crippen LogP contribution in [-0.4, -0.2) is 46.6 Å². The Labute approximate surface area is 174 Å². The fraction of sp³-hybridized carbons (Fsp3) is 0.261. The van der Waals surface area contributed by atoms with Crippen LogP contribution in [0.4, 0.5) is 0 Å². The highest BCUT2D eigenvalue weighted by Gasteiger charge is 2.15. The third-order valence-electron chi connectivity index (χ3n) is 5.15. The van der Waals surface area contributed by atoms with Gasteiger partial charge in [-0.25, -0.2) is 0 Å². The maximum absolute atomic E-state index is 12.6. The van der Waals surface area contributed by atoms with Crippen LogP contribution in [-0.2, 0) is 12.8 Å². The number of carbonyl (C=O) groups excluding carboxylic acids is 1. The lowest BCUT2D eigenvalue weighted by Crippen LogP contribution is -2.29. The minimum Gasteiger partial charge on any atom is -0.497 e. The Hall–Kier alpha value is -3.61. The summed E-state index contributed by atoms with van der Waals surface area (Å²) in [5.41, 5.74) is 3.57. The molecule has 0 spiro atoms. The van der Waals surface area contributed by atoms with Crippen LogP contribution in [0.1, 0.15) is 28.7 Å². The Kier molecular flexibility index (Phi) is 5.52. The molecule has 0 saturated heterocycles. The monoisotopic (exact) mass is 404 g/mol. The topological polar surface area (TPSA) is 84.3 Å². The number of aromatic nitrogens is 3. The molecule has 0 aliphatic heterocycles. The molecule has 0 saturated carbocycles. The molecule has 7 heteroatoms. The second kappa shape index (κ2) is 8.41. The predicted octanol–water partition coefficient (Wildman–Crippen LogP) is 4.10. The number of aryl methyl sites for hydroxylation is 1. The van der Waals surface area contributed by atoms with Gasteiger partial charge < -0.3 is 19.1 Å². The molecule has 0 aliphatic carbocycles. The molecule has 4 rings (SSSR count). The molecule has 30 heavy (non-hydrogen) atoms. The number of H-pyrrole nitrogens is 1. The van der Waals surface area contributed by atoms with Crippen molar-refractivity contribution in [2.75, 3.05) is 20.7 Å². The molecule has 0 atom stereocenters. The van der Waals surface area contributed by atoms with Gasteiger partial charge in [-0.15, -0.1) is 0 Å². The highest BCUT2D eigenvalue weighted by Crippen LogP contribution is 2.26. The number of fused-ring (bicyclic) bond motifs is 1. The number of carbonyl (C=O) groups is 1. The number of hydrogen-bond donors (Lipinski definition) is 1. The number of aromatic amines is 1. The lowest BCUT2D eigenvalue weighted by molar-refractivity contribution is 0.0795. The standard InChI is InChI=1S/C23H24N4O3/c1-4-15-5-7-16(8-6-15)23(28)27(2)12-11-21-25-22(30-26-21)20-13-17-9-10-18(29-3)14-19(17)24-20/h5-10,13-14,24H,4,11-12H2,1-3H3. The lowest BCUT2D eigenvalue weighted by Gasteiger charge is -2.16. The number of likely N-dealkylation sites (N-methyl/N-ethyl adjacent to an activating group) is 1. The van der Waals surface area contributed by atoms with E-state index in [0.717, 1.165) is 28.8 Å². The summed E-state index contributed by atoms with van der Waals surface area (Å²) in [5, 5.41) is 5.09. The highest BCUT2D eigenvalue weighted by atomic mass is 16.5. The molecule has 2 aromatic heterocycles. The fourth-order valence-corrected chi connectivity index (χ4v) is 3.29. The Bertz CT molecular complexity index is 1160. The van der Waals surface area contributed by atoms with E-state index in [2.05, 4.69) is 22.0 Å². The van der Waals surface area contributed by atoms with E-state index in [9.17, 15) is 4.79 Å². The molecule has 0 fully saturated rings. The van der Waals surface area contributed by atoms with Crippen molar-refractivity contribution >= 4 is 16.8 Å². The maximum Gasteiger partial charge on any atom is 0.274 e. The number of rotatable bonds is 7. The fourth-order valence-electron chi connectivity index (χ4n) is 3.29. The first-order valence-electron chi connectivity index (χ1n) is 9.91. The third kappa shape index (κ3) is 4.05. The Morgan fingerprint density at radius 1 is 1.17 bits per heavy atom. The average molecular weight is 404 g/mol. The van der Waals surface area contributed by atoms with Gasteiger partial charge in [-0.2, -0.15) is 4.98 Å². The number of methoxy groups -OCH3 is 1. The largest absolute Gasteiger partial charge is 0.497 e. The summed E-state index contributed by atoms with van der Waals surface area (Å²) in [6.07, 6.45) is 1.46. The van der Waals surface area contributed by atoms with Gasteiger partial charge in [0, 0.05) is 42.5 Å². The number of amides is 1. The molecule has 154 valence electrons. The molecule has 2 heterocycles. The van der Waals surface area contributed by atoms with E-state index in [-0.39, 0.29) is 5.91 Å². The van der Waals surface area contributed by atoms with Crippen LogP contribution in [0, 0.1) is 0 Å². The number of ether oxygens (including phenoxy) is 1. The smallest absolute Gasteiger partial charge is 0.274 e. The summed E-state index contributed by atoms with van der Waals surface area (Å²) in [5.74, 6) is 1.73. The van der Waals surface area contributed by atoms with E-state index < -0.39 is 0 Å². The Balaban J connectivity index is 1.41. The number of benzene rings is 2.